The van der Waals surface area contributed by atoms with Crippen molar-refractivity contribution >= 4 is 22.8 Å². The Morgan fingerprint density at radius 1 is 1.27 bits per heavy atom. The van der Waals surface area contributed by atoms with E-state index in [0.717, 1.165) is 5.69 Å². The Kier molecular flexibility index (Phi) is 1.72. The number of halogens is 1. The molecule has 3 aromatic heterocycles. The van der Waals surface area contributed by atoms with Gasteiger partial charge in [-0.15, -0.1) is 0 Å². The molecule has 74 valence electrons. The van der Waals surface area contributed by atoms with Crippen molar-refractivity contribution in [3.63, 3.8) is 0 Å². The van der Waals surface area contributed by atoms with Gasteiger partial charge in [0, 0.05) is 6.20 Å². The molecule has 15 heavy (non-hydrogen) atoms. The fourth-order valence-corrected chi connectivity index (χ4v) is 1.58. The van der Waals surface area contributed by atoms with E-state index in [9.17, 15) is 0 Å². The minimum Gasteiger partial charge on any atom is -0.359 e. The third-order valence-corrected chi connectivity index (χ3v) is 2.38. The molecule has 5 nitrogen and oxygen atoms in total. The quantitative estimate of drug-likeness (QED) is 0.615. The lowest BCUT2D eigenvalue weighted by Crippen LogP contribution is -1.80. The predicted molar refractivity (Wildman–Crippen MR) is 56.5 cm³/mol. The molecule has 2 N–H and O–H groups in total. The molecular formula is C9H6ClN5. The monoisotopic (exact) mass is 219 g/mol. The van der Waals surface area contributed by atoms with Gasteiger partial charge in [-0.3, -0.25) is 0 Å². The molecule has 0 saturated carbocycles. The van der Waals surface area contributed by atoms with E-state index in [0.29, 0.717) is 22.1 Å². The summed E-state index contributed by atoms with van der Waals surface area (Å²) in [6, 6.07) is 3.81. The van der Waals surface area contributed by atoms with Crippen molar-refractivity contribution in [3.8, 4) is 11.5 Å². The van der Waals surface area contributed by atoms with Crippen LogP contribution in [0, 0.1) is 0 Å². The number of H-pyrrole nitrogens is 2. The smallest absolute Gasteiger partial charge is 0.182 e. The van der Waals surface area contributed by atoms with E-state index in [-0.39, 0.29) is 0 Å². The summed E-state index contributed by atoms with van der Waals surface area (Å²) in [5, 5.41) is 0.380. The maximum absolute atomic E-state index is 5.90. The second-order valence-corrected chi connectivity index (χ2v) is 3.39. The molecule has 3 heterocycles. The summed E-state index contributed by atoms with van der Waals surface area (Å²) in [6.07, 6.45) is 3.22. The molecule has 0 unspecified atom stereocenters. The van der Waals surface area contributed by atoms with Crippen molar-refractivity contribution in [1.29, 1.82) is 0 Å². The third kappa shape index (κ3) is 1.28. The number of rotatable bonds is 1. The molecule has 3 rings (SSSR count). The van der Waals surface area contributed by atoms with Gasteiger partial charge in [0.1, 0.15) is 11.8 Å². The van der Waals surface area contributed by atoms with Crippen molar-refractivity contribution in [3.05, 3.63) is 29.8 Å². The van der Waals surface area contributed by atoms with Crippen LogP contribution in [0.5, 0.6) is 0 Å². The van der Waals surface area contributed by atoms with E-state index < -0.39 is 0 Å². The van der Waals surface area contributed by atoms with Gasteiger partial charge in [-0.2, -0.15) is 0 Å². The normalized spacial score (nSPS) is 11.0. The number of aromatic nitrogens is 5. The standard InChI is InChI=1S/C9H6ClN5/c10-7-6-9(13-4-12-7)15-8(14-6)5-2-1-3-11-5/h1-4,11H,(H,12,13,14,15). The van der Waals surface area contributed by atoms with Crippen LogP contribution in [-0.4, -0.2) is 24.9 Å². The molecule has 0 aromatic carbocycles. The number of hydrogen-bond donors (Lipinski definition) is 2. The lowest BCUT2D eigenvalue weighted by atomic mass is 10.4. The van der Waals surface area contributed by atoms with E-state index in [2.05, 4.69) is 24.9 Å². The fourth-order valence-electron chi connectivity index (χ4n) is 1.41. The molecular weight excluding hydrogens is 214 g/mol. The van der Waals surface area contributed by atoms with E-state index in [1.807, 2.05) is 18.3 Å². The second-order valence-electron chi connectivity index (χ2n) is 3.03. The van der Waals surface area contributed by atoms with Gasteiger partial charge >= 0.3 is 0 Å². The van der Waals surface area contributed by atoms with Gasteiger partial charge in [0.15, 0.2) is 16.6 Å². The first kappa shape index (κ1) is 8.43. The van der Waals surface area contributed by atoms with Crippen LogP contribution in [0.15, 0.2) is 24.7 Å². The van der Waals surface area contributed by atoms with Crippen LogP contribution in [0.4, 0.5) is 0 Å². The summed E-state index contributed by atoms with van der Waals surface area (Å²) in [7, 11) is 0. The number of imidazole rings is 1. The Hall–Kier alpha value is -1.88. The van der Waals surface area contributed by atoms with Crippen molar-refractivity contribution < 1.29 is 0 Å². The molecule has 0 radical (unpaired) electrons. The minimum atomic E-state index is 0.380. The maximum atomic E-state index is 5.90. The highest BCUT2D eigenvalue weighted by Gasteiger charge is 2.09. The zero-order valence-corrected chi connectivity index (χ0v) is 8.28. The molecule has 0 fully saturated rings. The molecule has 6 heteroatoms. The van der Waals surface area contributed by atoms with Crippen molar-refractivity contribution in [2.24, 2.45) is 0 Å². The molecule has 0 aliphatic heterocycles. The highest BCUT2D eigenvalue weighted by Crippen LogP contribution is 2.21. The fraction of sp³-hybridized carbons (Fsp3) is 0. The molecule has 0 aliphatic carbocycles. The highest BCUT2D eigenvalue weighted by atomic mass is 35.5. The lowest BCUT2D eigenvalue weighted by Gasteiger charge is -1.88. The molecule has 0 spiro atoms. The van der Waals surface area contributed by atoms with Crippen LogP contribution in [-0.2, 0) is 0 Å². The van der Waals surface area contributed by atoms with Crippen LogP contribution in [0.25, 0.3) is 22.7 Å². The first-order valence-electron chi connectivity index (χ1n) is 4.34. The summed E-state index contributed by atoms with van der Waals surface area (Å²) in [4.78, 5) is 18.3. The van der Waals surface area contributed by atoms with Crippen LogP contribution in [0.3, 0.4) is 0 Å². The average Bonchev–Trinajstić information content (AvgIpc) is 2.86. The third-order valence-electron chi connectivity index (χ3n) is 2.10. The zero-order chi connectivity index (χ0) is 10.3. The predicted octanol–water partition coefficient (Wildman–Crippen LogP) is 2.00. The van der Waals surface area contributed by atoms with Crippen LogP contribution < -0.4 is 0 Å². The van der Waals surface area contributed by atoms with Gasteiger partial charge in [-0.25, -0.2) is 15.0 Å². The molecule has 0 aliphatic rings. The Morgan fingerprint density at radius 3 is 2.93 bits per heavy atom. The SMILES string of the molecule is Clc1ncnc2nc(-c3ccc[nH]3)[nH]c12. The Balaban J connectivity index is 2.27. The average molecular weight is 220 g/mol. The number of nitrogens with zero attached hydrogens (tertiary/aromatic N) is 3. The van der Waals surface area contributed by atoms with Gasteiger partial charge in [-0.1, -0.05) is 11.6 Å². The van der Waals surface area contributed by atoms with Crippen LogP contribution in [0.2, 0.25) is 5.15 Å². The number of nitrogens with one attached hydrogen (secondary N) is 2. The summed E-state index contributed by atoms with van der Waals surface area (Å²) in [6.45, 7) is 0. The van der Waals surface area contributed by atoms with Crippen LogP contribution >= 0.6 is 11.6 Å². The zero-order valence-electron chi connectivity index (χ0n) is 7.53. The van der Waals surface area contributed by atoms with Gasteiger partial charge < -0.3 is 9.97 Å². The first-order chi connectivity index (χ1) is 7.34. The van der Waals surface area contributed by atoms with Crippen molar-refractivity contribution in [1.82, 2.24) is 24.9 Å². The minimum absolute atomic E-state index is 0.380. The van der Waals surface area contributed by atoms with Crippen molar-refractivity contribution in [2.45, 2.75) is 0 Å². The molecule has 0 bridgehead atoms. The largest absolute Gasteiger partial charge is 0.359 e. The Labute approximate surface area is 89.6 Å². The summed E-state index contributed by atoms with van der Waals surface area (Å²) in [5.74, 6) is 0.706. The summed E-state index contributed by atoms with van der Waals surface area (Å²) >= 11 is 5.90. The van der Waals surface area contributed by atoms with E-state index in [1.54, 1.807) is 0 Å². The maximum Gasteiger partial charge on any atom is 0.182 e. The van der Waals surface area contributed by atoms with Gasteiger partial charge in [-0.05, 0) is 12.1 Å². The molecule has 0 saturated heterocycles. The Bertz CT molecular complexity index is 598. The van der Waals surface area contributed by atoms with Crippen LogP contribution in [0.1, 0.15) is 0 Å². The summed E-state index contributed by atoms with van der Waals surface area (Å²) in [5.41, 5.74) is 2.12. The first-order valence-corrected chi connectivity index (χ1v) is 4.72. The van der Waals surface area contributed by atoms with E-state index in [4.69, 9.17) is 11.6 Å². The molecule has 0 amide bonds. The van der Waals surface area contributed by atoms with Gasteiger partial charge in [0.25, 0.3) is 0 Å². The summed E-state index contributed by atoms with van der Waals surface area (Å²) < 4.78 is 0. The topological polar surface area (TPSA) is 70.2 Å². The lowest BCUT2D eigenvalue weighted by molar-refractivity contribution is 1.20. The number of fused-ring (bicyclic) bond motifs is 1. The van der Waals surface area contributed by atoms with E-state index >= 15 is 0 Å². The number of aromatic amines is 2. The number of hydrogen-bond acceptors (Lipinski definition) is 3. The van der Waals surface area contributed by atoms with Gasteiger partial charge in [0.2, 0.25) is 0 Å². The van der Waals surface area contributed by atoms with Crippen molar-refractivity contribution in [2.75, 3.05) is 0 Å². The molecule has 3 aromatic rings. The van der Waals surface area contributed by atoms with Gasteiger partial charge in [0.05, 0.1) is 5.69 Å². The molecule has 0 atom stereocenters. The Morgan fingerprint density at radius 2 is 2.20 bits per heavy atom. The second kappa shape index (κ2) is 3.06. The van der Waals surface area contributed by atoms with E-state index in [1.165, 1.54) is 6.33 Å². The highest BCUT2D eigenvalue weighted by molar-refractivity contribution is 6.33.